The Bertz CT molecular complexity index is 1650. The number of esters is 1. The third-order valence-electron chi connectivity index (χ3n) is 6.32. The second-order valence-corrected chi connectivity index (χ2v) is 13.3. The van der Waals surface area contributed by atoms with Crippen molar-refractivity contribution in [3.63, 3.8) is 0 Å². The molecule has 0 saturated carbocycles. The van der Waals surface area contributed by atoms with E-state index in [9.17, 15) is 61.5 Å². The summed E-state index contributed by atoms with van der Waals surface area (Å²) in [7, 11) is -7.58. The molecule has 3 rings (SSSR count). The van der Waals surface area contributed by atoms with Crippen LogP contribution in [0.15, 0.2) is 93.5 Å². The second kappa shape index (κ2) is 14.6. The van der Waals surface area contributed by atoms with E-state index in [1.165, 1.54) is 36.4 Å². The largest absolute Gasteiger partial charge is 0.482 e. The number of carbonyl (C=O) groups is 1. The topological polar surface area (TPSA) is 119 Å². The number of rotatable bonds is 13. The van der Waals surface area contributed by atoms with Crippen LogP contribution in [-0.4, -0.2) is 72.7 Å². The lowest BCUT2D eigenvalue weighted by Crippen LogP contribution is -2.57. The van der Waals surface area contributed by atoms with Gasteiger partial charge in [-0.1, -0.05) is 18.2 Å². The molecule has 0 aliphatic carbocycles. The molecule has 0 heterocycles. The van der Waals surface area contributed by atoms with Crippen molar-refractivity contribution in [2.24, 2.45) is 0 Å². The Balaban J connectivity index is 1.75. The summed E-state index contributed by atoms with van der Waals surface area (Å²) in [6.07, 6.45) is -24.4. The molecule has 3 aromatic carbocycles. The minimum Gasteiger partial charge on any atom is -0.482 e. The minimum atomic E-state index is -6.53. The molecule has 270 valence electrons. The van der Waals surface area contributed by atoms with Crippen molar-refractivity contribution in [2.45, 2.75) is 56.6 Å². The van der Waals surface area contributed by atoms with E-state index in [0.717, 1.165) is 12.1 Å². The van der Waals surface area contributed by atoms with Gasteiger partial charge in [0.15, 0.2) is 21.3 Å². The van der Waals surface area contributed by atoms with Gasteiger partial charge in [-0.05, 0) is 60.7 Å². The fraction of sp³-hybridized carbons (Fsp3) is 0.321. The first-order chi connectivity index (χ1) is 22.4. The van der Waals surface area contributed by atoms with Gasteiger partial charge in [-0.25, -0.2) is 4.79 Å². The van der Waals surface area contributed by atoms with E-state index in [4.69, 9.17) is 14.4 Å². The average molecular weight is 760 g/mol. The van der Waals surface area contributed by atoms with Gasteiger partial charge in [0.05, 0.1) is 17.5 Å². The van der Waals surface area contributed by atoms with Crippen molar-refractivity contribution in [3.05, 3.63) is 78.9 Å². The maximum atomic E-state index is 13.9. The number of aliphatic hydroxyl groups is 1. The fourth-order valence-corrected chi connectivity index (χ4v) is 6.34. The van der Waals surface area contributed by atoms with Crippen LogP contribution in [0.1, 0.15) is 6.42 Å². The summed E-state index contributed by atoms with van der Waals surface area (Å²) in [5.74, 6) is -2.19. The first kappa shape index (κ1) is 39.6. The average Bonchev–Trinajstić information content (AvgIpc) is 2.98. The Morgan fingerprint density at radius 1 is 0.714 bits per heavy atom. The number of ether oxygens (including phenoxy) is 3. The lowest BCUT2D eigenvalue weighted by molar-refractivity contribution is -0.371. The molecular formula is C28H22F11O8S2+. The van der Waals surface area contributed by atoms with E-state index < -0.39 is 87.9 Å². The first-order valence-corrected chi connectivity index (χ1v) is 15.8. The molecule has 0 fully saturated rings. The fourth-order valence-electron chi connectivity index (χ4n) is 3.83. The van der Waals surface area contributed by atoms with Crippen LogP contribution in [0.3, 0.4) is 0 Å². The smallest absolute Gasteiger partial charge is 0.432 e. The van der Waals surface area contributed by atoms with Gasteiger partial charge in [-0.3, -0.25) is 4.55 Å². The van der Waals surface area contributed by atoms with E-state index in [1.807, 2.05) is 0 Å². The molecule has 3 aromatic rings. The molecule has 0 spiro atoms. The minimum absolute atomic E-state index is 0.0129. The van der Waals surface area contributed by atoms with Crippen LogP contribution in [-0.2, 0) is 30.5 Å². The summed E-state index contributed by atoms with van der Waals surface area (Å²) in [6.45, 7) is -2.39. The van der Waals surface area contributed by atoms with Gasteiger partial charge in [0.25, 0.3) is 11.7 Å². The van der Waals surface area contributed by atoms with Crippen molar-refractivity contribution in [2.75, 3.05) is 13.2 Å². The predicted molar refractivity (Wildman–Crippen MR) is 147 cm³/mol. The van der Waals surface area contributed by atoms with Gasteiger partial charge >= 0.3 is 39.9 Å². The first-order valence-electron chi connectivity index (χ1n) is 13.1. The number of benzene rings is 3. The van der Waals surface area contributed by atoms with Crippen molar-refractivity contribution in [3.8, 4) is 11.5 Å². The highest BCUT2D eigenvalue weighted by atomic mass is 32.2. The van der Waals surface area contributed by atoms with Gasteiger partial charge in [-0.2, -0.15) is 56.7 Å². The highest BCUT2D eigenvalue weighted by molar-refractivity contribution is 7.97. The summed E-state index contributed by atoms with van der Waals surface area (Å²) in [5.41, 5.74) is -5.11. The molecule has 0 aromatic heterocycles. The molecule has 49 heavy (non-hydrogen) atoms. The van der Waals surface area contributed by atoms with Crippen molar-refractivity contribution >= 4 is 27.0 Å². The Kier molecular flexibility index (Phi) is 11.8. The van der Waals surface area contributed by atoms with Crippen LogP contribution in [0.5, 0.6) is 11.5 Å². The molecule has 2 N–H and O–H groups in total. The van der Waals surface area contributed by atoms with Crippen LogP contribution in [0.25, 0.3) is 0 Å². The SMILES string of the molecule is O=C(COc1ccc([S+](c2ccccc2)c2ccc(OC(C(F)(F)F)C(F)(F)S(=O)(=O)O)cc2)cc1)OCCC(O)(C(F)(F)F)C(F)(F)F. The van der Waals surface area contributed by atoms with Crippen LogP contribution < -0.4 is 9.47 Å². The number of alkyl halides is 11. The molecule has 0 aliphatic rings. The maximum Gasteiger partial charge on any atom is 0.432 e. The summed E-state index contributed by atoms with van der Waals surface area (Å²) in [6, 6.07) is 18.1. The Morgan fingerprint density at radius 3 is 1.59 bits per heavy atom. The van der Waals surface area contributed by atoms with Crippen LogP contribution in [0.4, 0.5) is 48.3 Å². The van der Waals surface area contributed by atoms with Gasteiger partial charge in [0.1, 0.15) is 11.5 Å². The summed E-state index contributed by atoms with van der Waals surface area (Å²) in [4.78, 5) is 13.4. The monoisotopic (exact) mass is 759 g/mol. The third-order valence-corrected chi connectivity index (χ3v) is 9.45. The molecule has 8 nitrogen and oxygen atoms in total. The molecule has 0 bridgehead atoms. The van der Waals surface area contributed by atoms with Crippen molar-refractivity contribution in [1.29, 1.82) is 0 Å². The zero-order valence-electron chi connectivity index (χ0n) is 24.0. The van der Waals surface area contributed by atoms with E-state index in [0.29, 0.717) is 14.7 Å². The van der Waals surface area contributed by atoms with Crippen LogP contribution in [0.2, 0.25) is 0 Å². The summed E-state index contributed by atoms with van der Waals surface area (Å²) >= 11 is 0. The van der Waals surface area contributed by atoms with Crippen molar-refractivity contribution in [1.82, 2.24) is 0 Å². The molecule has 2 atom stereocenters. The molecule has 0 saturated heterocycles. The standard InChI is InChI=1S/C28H21F11O8S2/c29-25(30,31)23(26(32,33)49(42,43)44)47-18-8-12-21(13-9-18)48(19-4-2-1-3-5-19)20-10-6-17(7-11-20)46-16-22(40)45-15-14-24(41,27(34,35)36)28(37,38)39/h1-13,23,41H,14-16H2/p+1. The van der Waals surface area contributed by atoms with E-state index in [-0.39, 0.29) is 5.75 Å². The molecule has 0 aliphatic heterocycles. The van der Waals surface area contributed by atoms with E-state index >= 15 is 0 Å². The van der Waals surface area contributed by atoms with Crippen LogP contribution in [0, 0.1) is 0 Å². The quantitative estimate of drug-likeness (QED) is 0.0852. The molecule has 0 amide bonds. The predicted octanol–water partition coefficient (Wildman–Crippen LogP) is 6.74. The van der Waals surface area contributed by atoms with Gasteiger partial charge in [-0.15, -0.1) is 0 Å². The lowest BCUT2D eigenvalue weighted by atomic mass is 9.99. The Hall–Kier alpha value is -3.82. The Labute approximate surface area is 272 Å². The maximum absolute atomic E-state index is 13.9. The summed E-state index contributed by atoms with van der Waals surface area (Å²) < 4.78 is 189. The normalized spacial score (nSPS) is 14.6. The summed E-state index contributed by atoms with van der Waals surface area (Å²) in [5, 5.41) is 3.35. The van der Waals surface area contributed by atoms with Gasteiger partial charge in [0, 0.05) is 6.42 Å². The number of carbonyl (C=O) groups excluding carboxylic acids is 1. The molecular weight excluding hydrogens is 737 g/mol. The van der Waals surface area contributed by atoms with E-state index in [1.54, 1.807) is 30.3 Å². The zero-order chi connectivity index (χ0) is 37.1. The highest BCUT2D eigenvalue weighted by Crippen LogP contribution is 2.45. The molecule has 0 radical (unpaired) electrons. The zero-order valence-corrected chi connectivity index (χ0v) is 25.7. The second-order valence-electron chi connectivity index (χ2n) is 9.75. The number of hydrogen-bond acceptors (Lipinski definition) is 7. The van der Waals surface area contributed by atoms with Gasteiger partial charge < -0.3 is 19.3 Å². The molecule has 2 unspecified atom stereocenters. The Morgan fingerprint density at radius 2 is 1.16 bits per heavy atom. The number of hydrogen-bond donors (Lipinski definition) is 2. The van der Waals surface area contributed by atoms with Crippen molar-refractivity contribution < 1.29 is 85.4 Å². The van der Waals surface area contributed by atoms with Gasteiger partial charge in [0.2, 0.25) is 0 Å². The van der Waals surface area contributed by atoms with Crippen LogP contribution >= 0.6 is 0 Å². The van der Waals surface area contributed by atoms with E-state index in [2.05, 4.69) is 9.47 Å². The molecule has 21 heteroatoms. The lowest BCUT2D eigenvalue weighted by Gasteiger charge is -2.31. The highest BCUT2D eigenvalue weighted by Gasteiger charge is 2.70. The third kappa shape index (κ3) is 9.45. The number of halogens is 11.